The number of methoxy groups -OCH3 is 1. The van der Waals surface area contributed by atoms with Gasteiger partial charge in [-0.15, -0.1) is 0 Å². The van der Waals surface area contributed by atoms with Crippen molar-refractivity contribution in [2.45, 2.75) is 45.2 Å². The van der Waals surface area contributed by atoms with Crippen LogP contribution < -0.4 is 10.1 Å². The molecule has 1 aromatic heterocycles. The van der Waals surface area contributed by atoms with Gasteiger partial charge in [0.15, 0.2) is 5.58 Å². The first kappa shape index (κ1) is 19.3. The Morgan fingerprint density at radius 3 is 2.76 bits per heavy atom. The minimum absolute atomic E-state index is 0.0701. The summed E-state index contributed by atoms with van der Waals surface area (Å²) in [4.78, 5) is 19.3. The second-order valence-corrected chi connectivity index (χ2v) is 8.50. The smallest absolute Gasteiger partial charge is 0.318 e. The van der Waals surface area contributed by atoms with Crippen molar-refractivity contribution in [3.8, 4) is 16.9 Å². The first-order valence-electron chi connectivity index (χ1n) is 9.98. The molecule has 6 heteroatoms. The van der Waals surface area contributed by atoms with Gasteiger partial charge in [-0.1, -0.05) is 18.2 Å². The molecule has 0 bridgehead atoms. The van der Waals surface area contributed by atoms with E-state index in [4.69, 9.17) is 14.1 Å². The number of hydrogen-bond donors (Lipinski definition) is 1. The van der Waals surface area contributed by atoms with Gasteiger partial charge in [-0.05, 0) is 69.0 Å². The number of rotatable bonds is 3. The molecule has 2 amide bonds. The van der Waals surface area contributed by atoms with Crippen LogP contribution in [-0.4, -0.2) is 35.1 Å². The molecule has 0 radical (unpaired) electrons. The molecule has 0 spiro atoms. The van der Waals surface area contributed by atoms with Gasteiger partial charge in [0.1, 0.15) is 17.3 Å². The Morgan fingerprint density at radius 1 is 1.21 bits per heavy atom. The fraction of sp³-hybridized carbons (Fsp3) is 0.391. The van der Waals surface area contributed by atoms with Crippen molar-refractivity contribution in [3.05, 3.63) is 48.4 Å². The Hall–Kier alpha value is -3.02. The van der Waals surface area contributed by atoms with Gasteiger partial charge in [-0.2, -0.15) is 0 Å². The highest BCUT2D eigenvalue weighted by molar-refractivity contribution is 5.81. The standard InChI is InChI=1S/C23H27N3O3/c1-23(2,3)25-22(27)26-12-6-9-19(26)21-24-18-14-16(10-11-20(18)29-21)15-7-5-8-17(13-15)28-4/h5,7-8,10-11,13-14,19H,6,9,12H2,1-4H3,(H,25,27). The highest BCUT2D eigenvalue weighted by Gasteiger charge is 2.34. The van der Waals surface area contributed by atoms with Gasteiger partial charge in [-0.25, -0.2) is 9.78 Å². The van der Waals surface area contributed by atoms with E-state index in [0.717, 1.165) is 40.8 Å². The Kier molecular flexibility index (Phi) is 4.94. The van der Waals surface area contributed by atoms with E-state index < -0.39 is 0 Å². The molecule has 1 unspecified atom stereocenters. The number of urea groups is 1. The zero-order valence-corrected chi connectivity index (χ0v) is 17.4. The second kappa shape index (κ2) is 7.43. The van der Waals surface area contributed by atoms with Crippen LogP contribution in [0.5, 0.6) is 5.75 Å². The van der Waals surface area contributed by atoms with Crippen LogP contribution in [-0.2, 0) is 0 Å². The molecule has 0 saturated carbocycles. The summed E-state index contributed by atoms with van der Waals surface area (Å²) in [5, 5.41) is 3.04. The van der Waals surface area contributed by atoms with Gasteiger partial charge >= 0.3 is 6.03 Å². The zero-order chi connectivity index (χ0) is 20.6. The number of nitrogens with one attached hydrogen (secondary N) is 1. The molecule has 1 fully saturated rings. The minimum atomic E-state index is -0.281. The molecule has 3 aromatic rings. The van der Waals surface area contributed by atoms with Gasteiger partial charge in [0.25, 0.3) is 0 Å². The van der Waals surface area contributed by atoms with Gasteiger partial charge in [0.2, 0.25) is 5.89 Å². The summed E-state index contributed by atoms with van der Waals surface area (Å²) < 4.78 is 11.4. The van der Waals surface area contributed by atoms with Crippen LogP contribution in [0.2, 0.25) is 0 Å². The third-order valence-electron chi connectivity index (χ3n) is 5.09. The van der Waals surface area contributed by atoms with E-state index in [1.165, 1.54) is 0 Å². The Bertz CT molecular complexity index is 1040. The SMILES string of the molecule is COc1cccc(-c2ccc3oc(C4CCCN4C(=O)NC(C)(C)C)nc3c2)c1. The molecule has 1 aliphatic rings. The topological polar surface area (TPSA) is 67.6 Å². The van der Waals surface area contributed by atoms with E-state index in [0.29, 0.717) is 12.4 Å². The molecule has 4 rings (SSSR count). The highest BCUT2D eigenvalue weighted by Crippen LogP contribution is 2.34. The molecule has 2 heterocycles. The summed E-state index contributed by atoms with van der Waals surface area (Å²) in [5.41, 5.74) is 3.35. The lowest BCUT2D eigenvalue weighted by atomic mass is 10.1. The number of carbonyl (C=O) groups excluding carboxylic acids is 1. The number of ether oxygens (including phenoxy) is 1. The van der Waals surface area contributed by atoms with Crippen molar-refractivity contribution in [2.75, 3.05) is 13.7 Å². The number of hydrogen-bond acceptors (Lipinski definition) is 4. The van der Waals surface area contributed by atoms with E-state index in [9.17, 15) is 4.79 Å². The summed E-state index contributed by atoms with van der Waals surface area (Å²) in [7, 11) is 1.66. The minimum Gasteiger partial charge on any atom is -0.497 e. The molecule has 152 valence electrons. The van der Waals surface area contributed by atoms with Gasteiger partial charge in [-0.3, -0.25) is 0 Å². The first-order chi connectivity index (χ1) is 13.8. The molecule has 6 nitrogen and oxygen atoms in total. The maximum atomic E-state index is 12.7. The van der Waals surface area contributed by atoms with Crippen molar-refractivity contribution in [2.24, 2.45) is 0 Å². The lowest BCUT2D eigenvalue weighted by Gasteiger charge is -2.28. The van der Waals surface area contributed by atoms with Crippen LogP contribution in [0.1, 0.15) is 45.5 Å². The highest BCUT2D eigenvalue weighted by atomic mass is 16.5. The maximum absolute atomic E-state index is 12.7. The summed E-state index contributed by atoms with van der Waals surface area (Å²) in [6, 6.07) is 13.7. The lowest BCUT2D eigenvalue weighted by Crippen LogP contribution is -2.48. The van der Waals surface area contributed by atoms with Gasteiger partial charge in [0, 0.05) is 12.1 Å². The summed E-state index contributed by atoms with van der Waals surface area (Å²) in [6.45, 7) is 6.65. The molecule has 1 aliphatic heterocycles. The number of oxazole rings is 1. The Balaban J connectivity index is 1.62. The van der Waals surface area contributed by atoms with Crippen molar-refractivity contribution in [1.82, 2.24) is 15.2 Å². The van der Waals surface area contributed by atoms with Gasteiger partial charge < -0.3 is 19.4 Å². The van der Waals surface area contributed by atoms with E-state index in [1.807, 2.05) is 68.1 Å². The zero-order valence-electron chi connectivity index (χ0n) is 17.4. The number of likely N-dealkylation sites (tertiary alicyclic amines) is 1. The van der Waals surface area contributed by atoms with Gasteiger partial charge in [0.05, 0.1) is 7.11 Å². The second-order valence-electron chi connectivity index (χ2n) is 8.50. The number of fused-ring (bicyclic) bond motifs is 1. The predicted octanol–water partition coefficient (Wildman–Crippen LogP) is 5.15. The van der Waals surface area contributed by atoms with Crippen LogP contribution in [0.3, 0.4) is 0 Å². The van der Waals surface area contributed by atoms with Crippen LogP contribution in [0.4, 0.5) is 4.79 Å². The van der Waals surface area contributed by atoms with E-state index in [1.54, 1.807) is 7.11 Å². The molecule has 2 aromatic carbocycles. The van der Waals surface area contributed by atoms with Crippen LogP contribution >= 0.6 is 0 Å². The van der Waals surface area contributed by atoms with E-state index in [-0.39, 0.29) is 17.6 Å². The van der Waals surface area contributed by atoms with Crippen molar-refractivity contribution in [3.63, 3.8) is 0 Å². The van der Waals surface area contributed by atoms with Crippen molar-refractivity contribution >= 4 is 17.1 Å². The molecule has 1 atom stereocenters. The van der Waals surface area contributed by atoms with E-state index >= 15 is 0 Å². The Labute approximate surface area is 170 Å². The molecular formula is C23H27N3O3. The van der Waals surface area contributed by atoms with Crippen LogP contribution in [0.15, 0.2) is 46.9 Å². The van der Waals surface area contributed by atoms with Crippen LogP contribution in [0.25, 0.3) is 22.2 Å². The molecule has 0 aliphatic carbocycles. The summed E-state index contributed by atoms with van der Waals surface area (Å²) >= 11 is 0. The molecule has 1 saturated heterocycles. The number of benzene rings is 2. The first-order valence-corrected chi connectivity index (χ1v) is 9.98. The fourth-order valence-electron chi connectivity index (χ4n) is 3.73. The molecule has 29 heavy (non-hydrogen) atoms. The molecule has 1 N–H and O–H groups in total. The lowest BCUT2D eigenvalue weighted by molar-refractivity contribution is 0.176. The quantitative estimate of drug-likeness (QED) is 0.668. The molecular weight excluding hydrogens is 366 g/mol. The van der Waals surface area contributed by atoms with Crippen molar-refractivity contribution in [1.29, 1.82) is 0 Å². The third-order valence-corrected chi connectivity index (χ3v) is 5.09. The fourth-order valence-corrected chi connectivity index (χ4v) is 3.73. The third kappa shape index (κ3) is 4.06. The largest absolute Gasteiger partial charge is 0.497 e. The average Bonchev–Trinajstić information content (AvgIpc) is 3.32. The normalized spacial score (nSPS) is 17.0. The van der Waals surface area contributed by atoms with E-state index in [2.05, 4.69) is 5.32 Å². The van der Waals surface area contributed by atoms with Crippen LogP contribution in [0, 0.1) is 0 Å². The predicted molar refractivity (Wildman–Crippen MR) is 113 cm³/mol. The number of carbonyl (C=O) groups is 1. The maximum Gasteiger partial charge on any atom is 0.318 e. The number of nitrogens with zero attached hydrogens (tertiary/aromatic N) is 2. The average molecular weight is 393 g/mol. The Morgan fingerprint density at radius 2 is 2.00 bits per heavy atom. The summed E-state index contributed by atoms with van der Waals surface area (Å²) in [6.07, 6.45) is 1.79. The summed E-state index contributed by atoms with van der Waals surface area (Å²) in [5.74, 6) is 1.42. The number of amides is 2. The van der Waals surface area contributed by atoms with Crippen molar-refractivity contribution < 1.29 is 13.9 Å². The number of aromatic nitrogens is 1. The monoisotopic (exact) mass is 393 g/mol.